The molecule has 0 saturated heterocycles. The molecule has 2 aromatic rings. The van der Waals surface area contributed by atoms with Gasteiger partial charge in [0.15, 0.2) is 0 Å². The van der Waals surface area contributed by atoms with Crippen LogP contribution in [-0.2, 0) is 17.8 Å². The monoisotopic (exact) mass is 346 g/mol. The van der Waals surface area contributed by atoms with Crippen molar-refractivity contribution >= 4 is 5.91 Å². The zero-order valence-corrected chi connectivity index (χ0v) is 15.5. The van der Waals surface area contributed by atoms with E-state index in [2.05, 4.69) is 15.5 Å². The van der Waals surface area contributed by atoms with E-state index in [-0.39, 0.29) is 29.3 Å². The van der Waals surface area contributed by atoms with Gasteiger partial charge in [-0.2, -0.15) is 4.98 Å². The smallest absolute Gasteiger partial charge is 0.261 e. The SMILES string of the molecule is CCCn1c(C)ccc(-c2noc(CCC(=O)NC(C)(C)C)n2)c1=O. The van der Waals surface area contributed by atoms with Crippen LogP contribution in [-0.4, -0.2) is 26.2 Å². The van der Waals surface area contributed by atoms with Gasteiger partial charge in [0.25, 0.3) is 5.56 Å². The van der Waals surface area contributed by atoms with Crippen LogP contribution in [0.25, 0.3) is 11.4 Å². The average Bonchev–Trinajstić information content (AvgIpc) is 2.96. The van der Waals surface area contributed by atoms with Gasteiger partial charge in [-0.05, 0) is 46.2 Å². The number of pyridine rings is 1. The Hall–Kier alpha value is -2.44. The molecule has 7 heteroatoms. The van der Waals surface area contributed by atoms with E-state index in [4.69, 9.17) is 4.52 Å². The molecule has 2 aromatic heterocycles. The van der Waals surface area contributed by atoms with Crippen molar-refractivity contribution in [2.45, 2.75) is 66.0 Å². The van der Waals surface area contributed by atoms with Crippen molar-refractivity contribution in [3.8, 4) is 11.4 Å². The number of amides is 1. The van der Waals surface area contributed by atoms with Gasteiger partial charge in [-0.1, -0.05) is 12.1 Å². The van der Waals surface area contributed by atoms with E-state index in [0.29, 0.717) is 24.4 Å². The quantitative estimate of drug-likeness (QED) is 0.868. The summed E-state index contributed by atoms with van der Waals surface area (Å²) in [5.41, 5.74) is 0.912. The lowest BCUT2D eigenvalue weighted by Gasteiger charge is -2.20. The second-order valence-electron chi connectivity index (χ2n) is 7.16. The van der Waals surface area contributed by atoms with Crippen LogP contribution < -0.4 is 10.9 Å². The van der Waals surface area contributed by atoms with Crippen LogP contribution >= 0.6 is 0 Å². The van der Waals surface area contributed by atoms with E-state index in [1.807, 2.05) is 40.7 Å². The molecule has 0 saturated carbocycles. The predicted molar refractivity (Wildman–Crippen MR) is 95.2 cm³/mol. The normalized spacial score (nSPS) is 11.6. The highest BCUT2D eigenvalue weighted by molar-refractivity contribution is 5.76. The Morgan fingerprint density at radius 1 is 1.32 bits per heavy atom. The highest BCUT2D eigenvalue weighted by Crippen LogP contribution is 2.13. The maximum absolute atomic E-state index is 12.6. The number of aryl methyl sites for hydroxylation is 2. The lowest BCUT2D eigenvalue weighted by Crippen LogP contribution is -2.40. The number of hydrogen-bond donors (Lipinski definition) is 1. The Bertz CT molecular complexity index is 799. The molecule has 7 nitrogen and oxygen atoms in total. The molecule has 2 rings (SSSR count). The molecule has 0 radical (unpaired) electrons. The largest absolute Gasteiger partial charge is 0.351 e. The second-order valence-corrected chi connectivity index (χ2v) is 7.16. The first kappa shape index (κ1) is 18.9. The van der Waals surface area contributed by atoms with Gasteiger partial charge in [0.2, 0.25) is 17.6 Å². The lowest BCUT2D eigenvalue weighted by molar-refractivity contribution is -0.122. The molecule has 0 spiro atoms. The molecule has 25 heavy (non-hydrogen) atoms. The molecule has 2 heterocycles. The molecule has 0 aromatic carbocycles. The van der Waals surface area contributed by atoms with Gasteiger partial charge < -0.3 is 14.4 Å². The lowest BCUT2D eigenvalue weighted by atomic mass is 10.1. The fraction of sp³-hybridized carbons (Fsp3) is 0.556. The van der Waals surface area contributed by atoms with Gasteiger partial charge in [0.1, 0.15) is 0 Å². The summed E-state index contributed by atoms with van der Waals surface area (Å²) in [6.45, 7) is 10.3. The van der Waals surface area contributed by atoms with Crippen molar-refractivity contribution < 1.29 is 9.32 Å². The third-order valence-corrected chi connectivity index (χ3v) is 3.63. The molecule has 0 fully saturated rings. The first-order chi connectivity index (χ1) is 11.7. The topological polar surface area (TPSA) is 90.0 Å². The molecular formula is C18H26N4O3. The van der Waals surface area contributed by atoms with Crippen molar-refractivity contribution in [1.29, 1.82) is 0 Å². The van der Waals surface area contributed by atoms with Crippen LogP contribution in [0.15, 0.2) is 21.5 Å². The zero-order valence-electron chi connectivity index (χ0n) is 15.5. The summed E-state index contributed by atoms with van der Waals surface area (Å²) in [5.74, 6) is 0.537. The molecule has 0 atom stereocenters. The zero-order chi connectivity index (χ0) is 18.6. The van der Waals surface area contributed by atoms with Crippen molar-refractivity contribution in [2.75, 3.05) is 0 Å². The highest BCUT2D eigenvalue weighted by atomic mass is 16.5. The van der Waals surface area contributed by atoms with Gasteiger partial charge >= 0.3 is 0 Å². The first-order valence-corrected chi connectivity index (χ1v) is 8.55. The molecule has 0 aliphatic rings. The van der Waals surface area contributed by atoms with Gasteiger partial charge in [0.05, 0.1) is 5.56 Å². The summed E-state index contributed by atoms with van der Waals surface area (Å²) in [6.07, 6.45) is 1.46. The number of hydrogen-bond acceptors (Lipinski definition) is 5. The maximum atomic E-state index is 12.6. The predicted octanol–water partition coefficient (Wildman–Crippen LogP) is 2.46. The van der Waals surface area contributed by atoms with Crippen LogP contribution in [0.3, 0.4) is 0 Å². The minimum atomic E-state index is -0.274. The van der Waals surface area contributed by atoms with Gasteiger partial charge in [-0.15, -0.1) is 0 Å². The van der Waals surface area contributed by atoms with Crippen molar-refractivity contribution in [3.05, 3.63) is 34.1 Å². The minimum absolute atomic E-state index is 0.0760. The molecule has 136 valence electrons. The summed E-state index contributed by atoms with van der Waals surface area (Å²) in [6, 6.07) is 3.59. The van der Waals surface area contributed by atoms with E-state index in [1.54, 1.807) is 10.6 Å². The molecule has 0 aliphatic heterocycles. The molecule has 0 aliphatic carbocycles. The summed E-state index contributed by atoms with van der Waals surface area (Å²) in [7, 11) is 0. The number of carbonyl (C=O) groups is 1. The number of rotatable bonds is 6. The van der Waals surface area contributed by atoms with E-state index in [1.165, 1.54) is 0 Å². The first-order valence-electron chi connectivity index (χ1n) is 8.55. The molecule has 1 N–H and O–H groups in total. The number of nitrogens with zero attached hydrogens (tertiary/aromatic N) is 3. The van der Waals surface area contributed by atoms with Crippen molar-refractivity contribution in [3.63, 3.8) is 0 Å². The fourth-order valence-corrected chi connectivity index (χ4v) is 2.51. The van der Waals surface area contributed by atoms with Crippen LogP contribution in [0.2, 0.25) is 0 Å². The maximum Gasteiger partial charge on any atom is 0.261 e. The van der Waals surface area contributed by atoms with Gasteiger partial charge in [0, 0.05) is 30.6 Å². The van der Waals surface area contributed by atoms with E-state index < -0.39 is 0 Å². The van der Waals surface area contributed by atoms with Gasteiger partial charge in [-0.3, -0.25) is 9.59 Å². The average molecular weight is 346 g/mol. The van der Waals surface area contributed by atoms with E-state index in [0.717, 1.165) is 12.1 Å². The Morgan fingerprint density at radius 2 is 2.04 bits per heavy atom. The van der Waals surface area contributed by atoms with Gasteiger partial charge in [-0.25, -0.2) is 0 Å². The third kappa shape index (κ3) is 5.01. The number of aromatic nitrogens is 3. The molecule has 0 bridgehead atoms. The Morgan fingerprint density at radius 3 is 2.68 bits per heavy atom. The van der Waals surface area contributed by atoms with Crippen molar-refractivity contribution in [2.24, 2.45) is 0 Å². The van der Waals surface area contributed by atoms with Crippen LogP contribution in [0.4, 0.5) is 0 Å². The Kier molecular flexibility index (Phi) is 5.77. The number of nitrogens with one attached hydrogen (secondary N) is 1. The standard InChI is InChI=1S/C18H26N4O3/c1-6-11-22-12(2)7-8-13(17(22)24)16-19-15(25-21-16)10-9-14(23)20-18(3,4)5/h7-8H,6,9-11H2,1-5H3,(H,20,23). The summed E-state index contributed by atoms with van der Waals surface area (Å²) in [4.78, 5) is 28.7. The summed E-state index contributed by atoms with van der Waals surface area (Å²) >= 11 is 0. The highest BCUT2D eigenvalue weighted by Gasteiger charge is 2.17. The summed E-state index contributed by atoms with van der Waals surface area (Å²) in [5, 5.41) is 6.78. The van der Waals surface area contributed by atoms with E-state index in [9.17, 15) is 9.59 Å². The Labute approximate surface area is 147 Å². The molecule has 1 amide bonds. The number of carbonyl (C=O) groups excluding carboxylic acids is 1. The molecule has 0 unspecified atom stereocenters. The van der Waals surface area contributed by atoms with Crippen molar-refractivity contribution in [1.82, 2.24) is 20.0 Å². The van der Waals surface area contributed by atoms with Crippen LogP contribution in [0.1, 0.15) is 52.1 Å². The molecular weight excluding hydrogens is 320 g/mol. The van der Waals surface area contributed by atoms with E-state index >= 15 is 0 Å². The fourth-order valence-electron chi connectivity index (χ4n) is 2.51. The Balaban J connectivity index is 2.13. The summed E-state index contributed by atoms with van der Waals surface area (Å²) < 4.78 is 6.91. The van der Waals surface area contributed by atoms with Crippen LogP contribution in [0.5, 0.6) is 0 Å². The second kappa shape index (κ2) is 7.63. The van der Waals surface area contributed by atoms with Crippen LogP contribution in [0, 0.1) is 6.92 Å². The minimum Gasteiger partial charge on any atom is -0.351 e. The third-order valence-electron chi connectivity index (χ3n) is 3.63.